The zero-order chi connectivity index (χ0) is 20.5. The largest absolute Gasteiger partial charge is 0.491 e. The quantitative estimate of drug-likeness (QED) is 0.576. The van der Waals surface area contributed by atoms with Crippen LogP contribution in [0.15, 0.2) is 24.2 Å². The van der Waals surface area contributed by atoms with E-state index in [4.69, 9.17) is 10.5 Å². The first kappa shape index (κ1) is 20.1. The number of fused-ring (bicyclic) bond motifs is 1. The summed E-state index contributed by atoms with van der Waals surface area (Å²) in [4.78, 5) is 29.1. The van der Waals surface area contributed by atoms with Crippen LogP contribution in [-0.4, -0.2) is 53.4 Å². The molecule has 1 aromatic rings. The van der Waals surface area contributed by atoms with Gasteiger partial charge in [-0.05, 0) is 18.4 Å². The van der Waals surface area contributed by atoms with E-state index in [-0.39, 0.29) is 42.6 Å². The molecule has 7 nitrogen and oxygen atoms in total. The second-order valence-corrected chi connectivity index (χ2v) is 6.45. The number of nitrogens with zero attached hydrogens (tertiary/aromatic N) is 2. The molecule has 0 spiro atoms. The number of nitrogens with two attached hydrogens (primary N) is 1. The first-order valence-electron chi connectivity index (χ1n) is 8.45. The van der Waals surface area contributed by atoms with Gasteiger partial charge in [-0.3, -0.25) is 9.69 Å². The Hall–Kier alpha value is -2.69. The van der Waals surface area contributed by atoms with Crippen molar-refractivity contribution in [3.8, 4) is 5.88 Å². The molecule has 1 aliphatic carbocycles. The summed E-state index contributed by atoms with van der Waals surface area (Å²) in [6.07, 6.45) is -3.89. The van der Waals surface area contributed by atoms with Crippen molar-refractivity contribution in [3.63, 3.8) is 0 Å². The number of carbonyl (C=O) groups excluding carboxylic acids is 2. The molecule has 0 radical (unpaired) electrons. The topological polar surface area (TPSA) is 94.8 Å². The number of hydrogen-bond acceptors (Lipinski definition) is 6. The number of alkyl halides is 3. The first-order chi connectivity index (χ1) is 13.2. The Labute approximate surface area is 157 Å². The molecule has 1 aromatic heterocycles. The molecule has 28 heavy (non-hydrogen) atoms. The summed E-state index contributed by atoms with van der Waals surface area (Å²) >= 11 is 0. The van der Waals surface area contributed by atoms with E-state index in [9.17, 15) is 27.2 Å². The lowest BCUT2D eigenvalue weighted by atomic mass is 9.99. The maximum Gasteiger partial charge on any atom is 0.491 e. The normalized spacial score (nSPS) is 20.0. The molecule has 0 aromatic carbocycles. The Morgan fingerprint density at radius 1 is 1.39 bits per heavy atom. The fourth-order valence-corrected chi connectivity index (χ4v) is 2.82. The van der Waals surface area contributed by atoms with Crippen LogP contribution in [0, 0.1) is 0 Å². The van der Waals surface area contributed by atoms with Crippen molar-refractivity contribution in [3.05, 3.63) is 35.3 Å². The number of esters is 1. The van der Waals surface area contributed by atoms with Crippen molar-refractivity contribution in [1.29, 1.82) is 0 Å². The molecule has 2 heterocycles. The lowest BCUT2D eigenvalue weighted by Gasteiger charge is -2.36. The van der Waals surface area contributed by atoms with Crippen molar-refractivity contribution < 1.29 is 36.6 Å². The average molecular weight is 403 g/mol. The van der Waals surface area contributed by atoms with Gasteiger partial charge >= 0.3 is 12.1 Å². The highest BCUT2D eigenvalue weighted by atomic mass is 19.4. The third kappa shape index (κ3) is 4.24. The Balaban J connectivity index is 1.82. The number of hydrogen-bond donors (Lipinski definition) is 1. The Morgan fingerprint density at radius 3 is 2.68 bits per heavy atom. The molecule has 0 saturated heterocycles. The molecule has 1 saturated carbocycles. The van der Waals surface area contributed by atoms with E-state index in [0.717, 1.165) is 4.90 Å². The molecule has 11 heteroatoms. The summed E-state index contributed by atoms with van der Waals surface area (Å²) in [6.45, 7) is -0.237. The summed E-state index contributed by atoms with van der Waals surface area (Å²) in [6, 6.07) is 1.09. The van der Waals surface area contributed by atoms with E-state index in [1.54, 1.807) is 0 Å². The van der Waals surface area contributed by atoms with Gasteiger partial charge in [0.05, 0.1) is 11.9 Å². The van der Waals surface area contributed by atoms with Crippen LogP contribution in [-0.2, 0) is 16.0 Å². The van der Waals surface area contributed by atoms with Gasteiger partial charge in [0.2, 0.25) is 5.88 Å². The molecular formula is C17H17F4N3O4. The molecule has 2 aliphatic rings. The van der Waals surface area contributed by atoms with Crippen LogP contribution in [0.5, 0.6) is 5.88 Å². The highest BCUT2D eigenvalue weighted by Gasteiger charge is 2.48. The zero-order valence-electron chi connectivity index (χ0n) is 14.5. The van der Waals surface area contributed by atoms with E-state index in [0.29, 0.717) is 24.7 Å². The predicted molar refractivity (Wildman–Crippen MR) is 86.8 cm³/mol. The maximum absolute atomic E-state index is 12.7. The summed E-state index contributed by atoms with van der Waals surface area (Å²) in [7, 11) is 0. The van der Waals surface area contributed by atoms with E-state index in [1.807, 2.05) is 0 Å². The number of ether oxygens (including phenoxy) is 2. The number of amides is 1. The van der Waals surface area contributed by atoms with E-state index in [2.05, 4.69) is 9.72 Å². The monoisotopic (exact) mass is 403 g/mol. The summed E-state index contributed by atoms with van der Waals surface area (Å²) in [5, 5.41) is 0. The second-order valence-electron chi connectivity index (χ2n) is 6.45. The van der Waals surface area contributed by atoms with Crippen molar-refractivity contribution in [2.75, 3.05) is 13.2 Å². The number of halogens is 4. The minimum absolute atomic E-state index is 0.0418. The van der Waals surface area contributed by atoms with Gasteiger partial charge in [0, 0.05) is 36.8 Å². The molecule has 1 atom stereocenters. The predicted octanol–water partition coefficient (Wildman–Crippen LogP) is 1.86. The van der Waals surface area contributed by atoms with Gasteiger partial charge in [-0.25, -0.2) is 14.2 Å². The number of pyridine rings is 1. The van der Waals surface area contributed by atoms with Gasteiger partial charge in [0.25, 0.3) is 5.91 Å². The minimum atomic E-state index is -5.16. The van der Waals surface area contributed by atoms with Crippen molar-refractivity contribution in [2.45, 2.75) is 37.7 Å². The molecule has 1 unspecified atom stereocenters. The van der Waals surface area contributed by atoms with E-state index >= 15 is 0 Å². The zero-order valence-corrected chi connectivity index (χ0v) is 14.5. The molecule has 3 rings (SSSR count). The standard InChI is InChI=1S/C17H17F4N3O4/c18-5-9(6-22)8-27-13-3-10-4-14(28-16(26)17(19,20)21)24(11-1-2-11)15(25)12(10)7-23-13/h3,5,7,11,14H,1-2,4,6,8,22H2/b9-5-. The fraction of sp³-hybridized carbons (Fsp3) is 0.471. The van der Waals surface area contributed by atoms with Crippen LogP contribution in [0.1, 0.15) is 28.8 Å². The van der Waals surface area contributed by atoms with Gasteiger partial charge in [-0.1, -0.05) is 0 Å². The van der Waals surface area contributed by atoms with Gasteiger partial charge in [-0.15, -0.1) is 0 Å². The fourth-order valence-electron chi connectivity index (χ4n) is 2.82. The molecule has 1 fully saturated rings. The number of carbonyl (C=O) groups is 2. The molecule has 2 N–H and O–H groups in total. The Kier molecular flexibility index (Phi) is 5.54. The van der Waals surface area contributed by atoms with Gasteiger partial charge in [0.15, 0.2) is 6.23 Å². The number of rotatable bonds is 6. The van der Waals surface area contributed by atoms with Crippen LogP contribution in [0.2, 0.25) is 0 Å². The van der Waals surface area contributed by atoms with Crippen LogP contribution >= 0.6 is 0 Å². The van der Waals surface area contributed by atoms with Gasteiger partial charge < -0.3 is 15.2 Å². The van der Waals surface area contributed by atoms with Crippen molar-refractivity contribution in [1.82, 2.24) is 9.88 Å². The lowest BCUT2D eigenvalue weighted by molar-refractivity contribution is -0.211. The first-order valence-corrected chi connectivity index (χ1v) is 8.45. The second kappa shape index (κ2) is 7.74. The Bertz CT molecular complexity index is 808. The average Bonchev–Trinajstić information content (AvgIpc) is 3.46. The van der Waals surface area contributed by atoms with E-state index in [1.165, 1.54) is 12.3 Å². The lowest BCUT2D eigenvalue weighted by Crippen LogP contribution is -2.50. The van der Waals surface area contributed by atoms with Gasteiger partial charge in [-0.2, -0.15) is 13.2 Å². The summed E-state index contributed by atoms with van der Waals surface area (Å²) in [5.41, 5.74) is 6.02. The summed E-state index contributed by atoms with van der Waals surface area (Å²) < 4.78 is 60.2. The van der Waals surface area contributed by atoms with E-state index < -0.39 is 24.3 Å². The van der Waals surface area contributed by atoms with Crippen molar-refractivity contribution >= 4 is 11.9 Å². The smallest absolute Gasteiger partial charge is 0.473 e. The molecule has 1 amide bonds. The van der Waals surface area contributed by atoms with Crippen molar-refractivity contribution in [2.24, 2.45) is 5.73 Å². The van der Waals surface area contributed by atoms with Crippen LogP contribution < -0.4 is 10.5 Å². The van der Waals surface area contributed by atoms with Crippen LogP contribution in [0.4, 0.5) is 17.6 Å². The van der Waals surface area contributed by atoms with Crippen LogP contribution in [0.25, 0.3) is 0 Å². The highest BCUT2D eigenvalue weighted by Crippen LogP contribution is 2.36. The van der Waals surface area contributed by atoms with Crippen LogP contribution in [0.3, 0.4) is 0 Å². The minimum Gasteiger partial charge on any atom is -0.473 e. The maximum atomic E-state index is 12.7. The SMILES string of the molecule is NC/C(=C/F)COc1cc2c(cn1)C(=O)N(C1CC1)C(OC(=O)C(F)(F)F)C2. The molecular weight excluding hydrogens is 386 g/mol. The molecule has 152 valence electrons. The molecule has 0 bridgehead atoms. The third-order valence-electron chi connectivity index (χ3n) is 4.37. The highest BCUT2D eigenvalue weighted by molar-refractivity contribution is 5.97. The summed E-state index contributed by atoms with van der Waals surface area (Å²) in [5.74, 6) is -2.88. The third-order valence-corrected chi connectivity index (χ3v) is 4.37. The number of aromatic nitrogens is 1. The molecule has 1 aliphatic heterocycles. The Morgan fingerprint density at radius 2 is 2.11 bits per heavy atom. The van der Waals surface area contributed by atoms with Gasteiger partial charge in [0.1, 0.15) is 6.61 Å².